The number of aryl methyl sites for hydroxylation is 1. The summed E-state index contributed by atoms with van der Waals surface area (Å²) in [4.78, 5) is 0. The zero-order valence-corrected chi connectivity index (χ0v) is 10.8. The van der Waals surface area contributed by atoms with E-state index in [4.69, 9.17) is 16.3 Å². The maximum absolute atomic E-state index is 13.6. The van der Waals surface area contributed by atoms with Crippen molar-refractivity contribution in [3.05, 3.63) is 47.5 Å². The number of ether oxygens (including phenoxy) is 1. The van der Waals surface area contributed by atoms with Gasteiger partial charge in [0.2, 0.25) is 0 Å². The molecule has 0 unspecified atom stereocenters. The highest BCUT2D eigenvalue weighted by Crippen LogP contribution is 2.25. The number of hydrogen-bond donors (Lipinski definition) is 0. The summed E-state index contributed by atoms with van der Waals surface area (Å²) in [5.74, 6) is 0.0502. The van der Waals surface area contributed by atoms with Crippen molar-refractivity contribution in [3.8, 4) is 5.75 Å². The first kappa shape index (κ1) is 12.9. The van der Waals surface area contributed by atoms with Gasteiger partial charge in [0, 0.05) is 23.9 Å². The van der Waals surface area contributed by atoms with Crippen molar-refractivity contribution >= 4 is 11.6 Å². The topological polar surface area (TPSA) is 27.1 Å². The number of halogens is 2. The minimum absolute atomic E-state index is 0.219. The summed E-state index contributed by atoms with van der Waals surface area (Å²) in [6.07, 6.45) is 3.59. The molecule has 0 saturated heterocycles. The van der Waals surface area contributed by atoms with Crippen LogP contribution < -0.4 is 4.74 Å². The van der Waals surface area contributed by atoms with Crippen molar-refractivity contribution in [1.82, 2.24) is 9.78 Å². The van der Waals surface area contributed by atoms with E-state index in [-0.39, 0.29) is 18.2 Å². The normalized spacial score (nSPS) is 10.6. The van der Waals surface area contributed by atoms with E-state index in [0.29, 0.717) is 5.56 Å². The highest BCUT2D eigenvalue weighted by Gasteiger charge is 2.09. The van der Waals surface area contributed by atoms with E-state index in [1.165, 1.54) is 6.07 Å². The Kier molecular flexibility index (Phi) is 4.20. The van der Waals surface area contributed by atoms with Gasteiger partial charge in [-0.3, -0.25) is 4.68 Å². The third-order valence-corrected chi connectivity index (χ3v) is 2.87. The average molecular weight is 269 g/mol. The third kappa shape index (κ3) is 2.82. The molecule has 0 bridgehead atoms. The number of aromatic nitrogens is 2. The molecule has 0 atom stereocenters. The van der Waals surface area contributed by atoms with Gasteiger partial charge in [-0.25, -0.2) is 4.39 Å². The lowest BCUT2D eigenvalue weighted by atomic mass is 10.2. The van der Waals surface area contributed by atoms with Crippen LogP contribution in [0.15, 0.2) is 30.6 Å². The molecule has 1 aromatic heterocycles. The summed E-state index contributed by atoms with van der Waals surface area (Å²) in [6, 6.07) is 4.73. The molecular formula is C13H14ClFN2O. The van der Waals surface area contributed by atoms with Crippen LogP contribution in [-0.2, 0) is 19.0 Å². The van der Waals surface area contributed by atoms with Crippen LogP contribution in [0.4, 0.5) is 4.39 Å². The highest BCUT2D eigenvalue weighted by atomic mass is 35.5. The Bertz CT molecular complexity index is 527. The van der Waals surface area contributed by atoms with Crippen LogP contribution in [0.2, 0.25) is 0 Å². The molecule has 0 N–H and O–H groups in total. The molecule has 2 aromatic rings. The minimum Gasteiger partial charge on any atom is -0.485 e. The van der Waals surface area contributed by atoms with Gasteiger partial charge < -0.3 is 4.74 Å². The maximum Gasteiger partial charge on any atom is 0.165 e. The van der Waals surface area contributed by atoms with Gasteiger partial charge in [0.1, 0.15) is 6.61 Å². The molecule has 0 aliphatic rings. The Labute approximate surface area is 110 Å². The van der Waals surface area contributed by atoms with E-state index < -0.39 is 5.82 Å². The molecule has 0 fully saturated rings. The average Bonchev–Trinajstić information content (AvgIpc) is 2.85. The fourth-order valence-corrected chi connectivity index (χ4v) is 1.84. The minimum atomic E-state index is -0.393. The smallest absolute Gasteiger partial charge is 0.165 e. The van der Waals surface area contributed by atoms with Gasteiger partial charge in [0.15, 0.2) is 11.6 Å². The van der Waals surface area contributed by atoms with E-state index in [2.05, 4.69) is 5.10 Å². The largest absolute Gasteiger partial charge is 0.485 e. The second kappa shape index (κ2) is 5.87. The quantitative estimate of drug-likeness (QED) is 0.778. The molecule has 0 amide bonds. The number of benzene rings is 1. The van der Waals surface area contributed by atoms with Gasteiger partial charge in [-0.2, -0.15) is 5.10 Å². The molecule has 18 heavy (non-hydrogen) atoms. The second-order valence-corrected chi connectivity index (χ2v) is 4.12. The lowest BCUT2D eigenvalue weighted by Crippen LogP contribution is -1.99. The van der Waals surface area contributed by atoms with Crippen molar-refractivity contribution in [2.24, 2.45) is 0 Å². The Morgan fingerprint density at radius 1 is 1.44 bits per heavy atom. The molecule has 1 aromatic carbocycles. The van der Waals surface area contributed by atoms with Crippen molar-refractivity contribution in [3.63, 3.8) is 0 Å². The maximum atomic E-state index is 13.6. The van der Waals surface area contributed by atoms with Crippen LogP contribution in [0.3, 0.4) is 0 Å². The summed E-state index contributed by atoms with van der Waals surface area (Å²) < 4.78 is 20.9. The van der Waals surface area contributed by atoms with E-state index in [9.17, 15) is 4.39 Å². The molecule has 0 aliphatic carbocycles. The van der Waals surface area contributed by atoms with Gasteiger partial charge in [0.05, 0.1) is 12.1 Å². The first-order chi connectivity index (χ1) is 8.74. The molecular weight excluding hydrogens is 255 g/mol. The molecule has 5 heteroatoms. The first-order valence-corrected chi connectivity index (χ1v) is 6.25. The number of para-hydroxylation sites is 1. The fourth-order valence-electron chi connectivity index (χ4n) is 1.63. The van der Waals surface area contributed by atoms with Crippen molar-refractivity contribution in [2.75, 3.05) is 0 Å². The highest BCUT2D eigenvalue weighted by molar-refractivity contribution is 6.17. The molecule has 2 rings (SSSR count). The van der Waals surface area contributed by atoms with E-state index in [1.807, 2.05) is 13.1 Å². The summed E-state index contributed by atoms with van der Waals surface area (Å²) in [5.41, 5.74) is 1.56. The molecule has 3 nitrogen and oxygen atoms in total. The second-order valence-electron chi connectivity index (χ2n) is 3.85. The monoisotopic (exact) mass is 268 g/mol. The zero-order valence-electron chi connectivity index (χ0n) is 10.1. The van der Waals surface area contributed by atoms with Crippen molar-refractivity contribution < 1.29 is 9.13 Å². The molecule has 0 spiro atoms. The summed E-state index contributed by atoms with van der Waals surface area (Å²) in [7, 11) is 0. The first-order valence-electron chi connectivity index (χ1n) is 5.72. The number of rotatable bonds is 5. The predicted octanol–water partition coefficient (Wildman–Crippen LogP) is 3.36. The Morgan fingerprint density at radius 3 is 2.94 bits per heavy atom. The van der Waals surface area contributed by atoms with Gasteiger partial charge in [-0.1, -0.05) is 12.1 Å². The number of hydrogen-bond acceptors (Lipinski definition) is 2. The van der Waals surface area contributed by atoms with E-state index in [1.54, 1.807) is 23.0 Å². The molecule has 0 aliphatic heterocycles. The zero-order chi connectivity index (χ0) is 13.0. The number of alkyl halides is 1. The molecule has 0 saturated carbocycles. The third-order valence-electron chi connectivity index (χ3n) is 2.59. The predicted molar refractivity (Wildman–Crippen MR) is 68.2 cm³/mol. The summed E-state index contributed by atoms with van der Waals surface area (Å²) >= 11 is 5.75. The van der Waals surface area contributed by atoms with Gasteiger partial charge in [-0.05, 0) is 13.0 Å². The van der Waals surface area contributed by atoms with Crippen molar-refractivity contribution in [2.45, 2.75) is 26.0 Å². The molecule has 0 radical (unpaired) electrons. The Hall–Kier alpha value is -1.55. The number of nitrogens with zero attached hydrogens (tertiary/aromatic N) is 2. The van der Waals surface area contributed by atoms with Crippen LogP contribution in [0, 0.1) is 5.82 Å². The van der Waals surface area contributed by atoms with Gasteiger partial charge in [0.25, 0.3) is 0 Å². The lowest BCUT2D eigenvalue weighted by Gasteiger charge is -2.09. The van der Waals surface area contributed by atoms with Crippen LogP contribution >= 0.6 is 11.6 Å². The van der Waals surface area contributed by atoms with Gasteiger partial charge >= 0.3 is 0 Å². The van der Waals surface area contributed by atoms with Crippen molar-refractivity contribution in [1.29, 1.82) is 0 Å². The summed E-state index contributed by atoms with van der Waals surface area (Å²) in [6.45, 7) is 3.08. The summed E-state index contributed by atoms with van der Waals surface area (Å²) in [5, 5.41) is 4.13. The Morgan fingerprint density at radius 2 is 2.28 bits per heavy atom. The SMILES string of the molecule is CCn1cc(COc2c(F)cccc2CCl)cn1. The van der Waals surface area contributed by atoms with Crippen LogP contribution in [0.5, 0.6) is 5.75 Å². The van der Waals surface area contributed by atoms with Crippen LogP contribution in [0.1, 0.15) is 18.1 Å². The fraction of sp³-hybridized carbons (Fsp3) is 0.308. The van der Waals surface area contributed by atoms with Crippen LogP contribution in [-0.4, -0.2) is 9.78 Å². The lowest BCUT2D eigenvalue weighted by molar-refractivity contribution is 0.287. The van der Waals surface area contributed by atoms with Crippen LogP contribution in [0.25, 0.3) is 0 Å². The standard InChI is InChI=1S/C13H14ClFN2O/c1-2-17-8-10(7-16-17)9-18-13-11(6-14)4-3-5-12(13)15/h3-5,7-8H,2,6,9H2,1H3. The Balaban J connectivity index is 2.10. The molecule has 96 valence electrons. The van der Waals surface area contributed by atoms with E-state index in [0.717, 1.165) is 12.1 Å². The van der Waals surface area contributed by atoms with Gasteiger partial charge in [-0.15, -0.1) is 11.6 Å². The molecule has 1 heterocycles. The van der Waals surface area contributed by atoms with E-state index >= 15 is 0 Å².